The number of anilines is 1. The molecule has 0 saturated carbocycles. The van der Waals surface area contributed by atoms with E-state index in [1.54, 1.807) is 18.1 Å². The van der Waals surface area contributed by atoms with Crippen LogP contribution in [0.4, 0.5) is 5.82 Å². The minimum absolute atomic E-state index is 0.835. The molecule has 112 valence electrons. The summed E-state index contributed by atoms with van der Waals surface area (Å²) in [5.41, 5.74) is 2.21. The van der Waals surface area contributed by atoms with Crippen molar-refractivity contribution in [2.75, 3.05) is 23.9 Å². The summed E-state index contributed by atoms with van der Waals surface area (Å²) in [5, 5.41) is 1.15. The second-order valence-corrected chi connectivity index (χ2v) is 6.67. The second-order valence-electron chi connectivity index (χ2n) is 5.65. The zero-order valence-electron chi connectivity index (χ0n) is 12.4. The predicted octanol–water partition coefficient (Wildman–Crippen LogP) is 3.74. The zero-order valence-corrected chi connectivity index (χ0v) is 13.2. The molecule has 1 aromatic carbocycles. The van der Waals surface area contributed by atoms with Crippen LogP contribution in [-0.2, 0) is 0 Å². The Hall–Kier alpha value is -1.88. The van der Waals surface area contributed by atoms with Gasteiger partial charge in [-0.3, -0.25) is 4.99 Å². The van der Waals surface area contributed by atoms with Gasteiger partial charge in [0.15, 0.2) is 0 Å². The summed E-state index contributed by atoms with van der Waals surface area (Å²) >= 11 is 1.77. The van der Waals surface area contributed by atoms with E-state index in [0.717, 1.165) is 35.7 Å². The van der Waals surface area contributed by atoms with Crippen molar-refractivity contribution in [3.05, 3.63) is 35.0 Å². The lowest BCUT2D eigenvalue weighted by Crippen LogP contribution is -2.30. The maximum absolute atomic E-state index is 4.57. The van der Waals surface area contributed by atoms with E-state index in [1.807, 2.05) is 6.21 Å². The molecular formula is C17H18N4S. The number of aromatic nitrogens is 2. The summed E-state index contributed by atoms with van der Waals surface area (Å²) in [4.78, 5) is 16.9. The van der Waals surface area contributed by atoms with E-state index in [1.165, 1.54) is 29.7 Å². The summed E-state index contributed by atoms with van der Waals surface area (Å²) in [6.07, 6.45) is 9.65. The fourth-order valence-corrected chi connectivity index (χ4v) is 3.69. The highest BCUT2D eigenvalue weighted by Crippen LogP contribution is 2.28. The fraction of sp³-hybridized carbons (Fsp3) is 0.353. The number of fused-ring (bicyclic) bond motifs is 1. The predicted molar refractivity (Wildman–Crippen MR) is 94.5 cm³/mol. The van der Waals surface area contributed by atoms with Gasteiger partial charge >= 0.3 is 0 Å². The molecule has 2 aromatic rings. The van der Waals surface area contributed by atoms with Gasteiger partial charge in [0.2, 0.25) is 0 Å². The molecule has 4 nitrogen and oxygen atoms in total. The normalized spacial score (nSPS) is 20.2. The number of nitrogens with zero attached hydrogens (tertiary/aromatic N) is 4. The molecule has 1 aromatic heterocycles. The van der Waals surface area contributed by atoms with E-state index in [9.17, 15) is 0 Å². The van der Waals surface area contributed by atoms with Crippen LogP contribution < -0.4 is 4.90 Å². The number of benzene rings is 1. The SMILES string of the molecule is C1=NCSC1=Cc1ccc2ncnc(N3CCCCC3)c2c1. The molecule has 2 aliphatic heterocycles. The quantitative estimate of drug-likeness (QED) is 0.847. The van der Waals surface area contributed by atoms with E-state index >= 15 is 0 Å². The molecule has 1 saturated heterocycles. The van der Waals surface area contributed by atoms with Crippen LogP contribution in [0.15, 0.2) is 34.4 Å². The van der Waals surface area contributed by atoms with E-state index in [0.29, 0.717) is 0 Å². The third kappa shape index (κ3) is 2.73. The Labute approximate surface area is 134 Å². The largest absolute Gasteiger partial charge is 0.356 e. The minimum atomic E-state index is 0.835. The van der Waals surface area contributed by atoms with Crippen LogP contribution in [0.5, 0.6) is 0 Å². The third-order valence-electron chi connectivity index (χ3n) is 4.13. The summed E-state index contributed by atoms with van der Waals surface area (Å²) in [6, 6.07) is 6.42. The van der Waals surface area contributed by atoms with Gasteiger partial charge in [-0.05, 0) is 43.0 Å². The molecule has 0 aliphatic carbocycles. The molecule has 0 unspecified atom stereocenters. The van der Waals surface area contributed by atoms with Crippen LogP contribution in [0.25, 0.3) is 17.0 Å². The van der Waals surface area contributed by atoms with Gasteiger partial charge in [-0.2, -0.15) is 0 Å². The third-order valence-corrected chi connectivity index (χ3v) is 4.96. The Morgan fingerprint density at radius 2 is 2.00 bits per heavy atom. The van der Waals surface area contributed by atoms with Gasteiger partial charge in [0.25, 0.3) is 0 Å². The Bertz CT molecular complexity index is 747. The van der Waals surface area contributed by atoms with E-state index in [2.05, 4.69) is 44.1 Å². The highest BCUT2D eigenvalue weighted by atomic mass is 32.2. The first kappa shape index (κ1) is 13.8. The topological polar surface area (TPSA) is 41.4 Å². The molecule has 1 fully saturated rings. The van der Waals surface area contributed by atoms with Crippen molar-refractivity contribution in [3.8, 4) is 0 Å². The summed E-state index contributed by atoms with van der Waals surface area (Å²) in [6.45, 7) is 2.19. The van der Waals surface area contributed by atoms with E-state index < -0.39 is 0 Å². The van der Waals surface area contributed by atoms with Crippen LogP contribution in [0.1, 0.15) is 24.8 Å². The lowest BCUT2D eigenvalue weighted by Gasteiger charge is -2.28. The van der Waals surface area contributed by atoms with Crippen molar-refractivity contribution in [3.63, 3.8) is 0 Å². The standard InChI is InChI=1S/C17H18N4S/c1-2-6-21(7-3-1)17-15-9-13(8-14-10-18-12-22-14)4-5-16(15)19-11-20-17/h4-5,8-11H,1-3,6-7,12H2. The van der Waals surface area contributed by atoms with Gasteiger partial charge in [-0.15, -0.1) is 11.8 Å². The summed E-state index contributed by atoms with van der Waals surface area (Å²) < 4.78 is 0. The molecule has 0 radical (unpaired) electrons. The number of hydrogen-bond acceptors (Lipinski definition) is 5. The van der Waals surface area contributed by atoms with Crippen molar-refractivity contribution in [1.82, 2.24) is 9.97 Å². The van der Waals surface area contributed by atoms with Crippen molar-refractivity contribution in [2.45, 2.75) is 19.3 Å². The number of rotatable bonds is 2. The first-order valence-corrected chi connectivity index (χ1v) is 8.73. The molecule has 5 heteroatoms. The molecule has 0 amide bonds. The molecule has 4 rings (SSSR count). The number of hydrogen-bond donors (Lipinski definition) is 0. The fourth-order valence-electron chi connectivity index (χ4n) is 3.03. The van der Waals surface area contributed by atoms with Crippen LogP contribution in [-0.4, -0.2) is 35.1 Å². The van der Waals surface area contributed by atoms with Gasteiger partial charge < -0.3 is 4.90 Å². The molecule has 0 bridgehead atoms. The number of thioether (sulfide) groups is 1. The molecule has 22 heavy (non-hydrogen) atoms. The Morgan fingerprint density at radius 1 is 1.09 bits per heavy atom. The second kappa shape index (κ2) is 6.08. The average Bonchev–Trinajstić information content (AvgIpc) is 3.08. The number of piperidine rings is 1. The molecular weight excluding hydrogens is 292 g/mol. The highest BCUT2D eigenvalue weighted by molar-refractivity contribution is 8.04. The van der Waals surface area contributed by atoms with E-state index in [-0.39, 0.29) is 0 Å². The van der Waals surface area contributed by atoms with Gasteiger partial charge in [0.05, 0.1) is 11.4 Å². The summed E-state index contributed by atoms with van der Waals surface area (Å²) in [5.74, 6) is 1.92. The monoisotopic (exact) mass is 310 g/mol. The van der Waals surface area contributed by atoms with Crippen molar-refractivity contribution in [2.24, 2.45) is 4.99 Å². The van der Waals surface area contributed by atoms with Crippen molar-refractivity contribution < 1.29 is 0 Å². The average molecular weight is 310 g/mol. The lowest BCUT2D eigenvalue weighted by molar-refractivity contribution is 0.574. The van der Waals surface area contributed by atoms with Crippen LogP contribution >= 0.6 is 11.8 Å². The smallest absolute Gasteiger partial charge is 0.139 e. The number of allylic oxidation sites excluding steroid dienone is 1. The van der Waals surface area contributed by atoms with Gasteiger partial charge in [-0.1, -0.05) is 6.07 Å². The highest BCUT2D eigenvalue weighted by Gasteiger charge is 2.15. The lowest BCUT2D eigenvalue weighted by atomic mass is 10.1. The summed E-state index contributed by atoms with van der Waals surface area (Å²) in [7, 11) is 0. The molecule has 0 N–H and O–H groups in total. The molecule has 0 atom stereocenters. The van der Waals surface area contributed by atoms with Crippen molar-refractivity contribution in [1.29, 1.82) is 0 Å². The first-order chi connectivity index (χ1) is 10.9. The minimum Gasteiger partial charge on any atom is -0.356 e. The van der Waals surface area contributed by atoms with Crippen molar-refractivity contribution >= 4 is 40.8 Å². The van der Waals surface area contributed by atoms with Gasteiger partial charge in [0.1, 0.15) is 12.1 Å². The molecule has 2 aliphatic rings. The maximum atomic E-state index is 4.57. The maximum Gasteiger partial charge on any atom is 0.139 e. The van der Waals surface area contributed by atoms with Crippen LogP contribution in [0.3, 0.4) is 0 Å². The molecule has 0 spiro atoms. The van der Waals surface area contributed by atoms with Crippen LogP contribution in [0, 0.1) is 0 Å². The van der Waals surface area contributed by atoms with Crippen LogP contribution in [0.2, 0.25) is 0 Å². The van der Waals surface area contributed by atoms with Gasteiger partial charge in [-0.25, -0.2) is 9.97 Å². The Morgan fingerprint density at radius 3 is 2.82 bits per heavy atom. The molecule has 3 heterocycles. The zero-order chi connectivity index (χ0) is 14.8. The number of aliphatic imine (C=N–C) groups is 1. The Kier molecular flexibility index (Phi) is 3.81. The Balaban J connectivity index is 1.76. The van der Waals surface area contributed by atoms with E-state index in [4.69, 9.17) is 0 Å². The first-order valence-electron chi connectivity index (χ1n) is 7.74. The van der Waals surface area contributed by atoms with Gasteiger partial charge in [0, 0.05) is 29.6 Å².